The molecule has 10 heteroatoms. The van der Waals surface area contributed by atoms with Crippen LogP contribution in [0.25, 0.3) is 11.0 Å². The van der Waals surface area contributed by atoms with Crippen molar-refractivity contribution in [2.24, 2.45) is 11.8 Å². The Kier molecular flexibility index (Phi) is 5.20. The number of halogens is 4. The summed E-state index contributed by atoms with van der Waals surface area (Å²) >= 11 is 0. The van der Waals surface area contributed by atoms with Crippen molar-refractivity contribution in [3.63, 3.8) is 0 Å². The van der Waals surface area contributed by atoms with E-state index < -0.39 is 23.5 Å². The predicted octanol–water partition coefficient (Wildman–Crippen LogP) is 5.35. The predicted molar refractivity (Wildman–Crippen MR) is 126 cm³/mol. The van der Waals surface area contributed by atoms with Crippen LogP contribution in [-0.2, 0) is 12.7 Å². The Balaban J connectivity index is 1.31. The number of piperidine rings is 1. The van der Waals surface area contributed by atoms with Crippen LogP contribution in [0.15, 0.2) is 60.9 Å². The lowest BCUT2D eigenvalue weighted by atomic mass is 10.2. The monoisotopic (exact) mass is 495 g/mol. The van der Waals surface area contributed by atoms with Crippen molar-refractivity contribution in [2.45, 2.75) is 19.1 Å². The first-order valence-corrected chi connectivity index (χ1v) is 11.6. The summed E-state index contributed by atoms with van der Waals surface area (Å²) in [5, 5.41) is 2.93. The number of carbonyl (C=O) groups excluding carboxylic acids is 1. The van der Waals surface area contributed by atoms with Crippen molar-refractivity contribution in [1.29, 1.82) is 0 Å². The molecule has 6 nitrogen and oxygen atoms in total. The van der Waals surface area contributed by atoms with Gasteiger partial charge in [0, 0.05) is 31.2 Å². The van der Waals surface area contributed by atoms with Gasteiger partial charge in [0.2, 0.25) is 0 Å². The van der Waals surface area contributed by atoms with Crippen molar-refractivity contribution >= 4 is 28.4 Å². The van der Waals surface area contributed by atoms with E-state index in [1.807, 2.05) is 6.07 Å². The maximum Gasteiger partial charge on any atom is 0.417 e. The highest BCUT2D eigenvalue weighted by atomic mass is 19.4. The van der Waals surface area contributed by atoms with Crippen LogP contribution in [0.5, 0.6) is 0 Å². The number of rotatable bonds is 5. The zero-order valence-electron chi connectivity index (χ0n) is 19.0. The molecule has 4 aromatic rings. The highest BCUT2D eigenvalue weighted by molar-refractivity contribution is 6.06. The maximum atomic E-state index is 13.8. The molecule has 1 aliphatic carbocycles. The number of carbonyl (C=O) groups is 1. The van der Waals surface area contributed by atoms with Crippen molar-refractivity contribution in [3.8, 4) is 0 Å². The SMILES string of the molecule is O=C(Nc1ccc(N2CC3CC3C2)nc1)c1cc2cc(C(F)(F)F)cnc2n1Cc1cccc(F)c1. The summed E-state index contributed by atoms with van der Waals surface area (Å²) in [7, 11) is 0. The molecule has 2 aliphatic rings. The Hall–Kier alpha value is -3.95. The summed E-state index contributed by atoms with van der Waals surface area (Å²) in [5.74, 6) is 1.39. The van der Waals surface area contributed by atoms with E-state index in [1.165, 1.54) is 35.3 Å². The van der Waals surface area contributed by atoms with E-state index in [2.05, 4.69) is 20.2 Å². The van der Waals surface area contributed by atoms with Gasteiger partial charge in [0.05, 0.1) is 17.4 Å². The van der Waals surface area contributed by atoms with Gasteiger partial charge in [0.1, 0.15) is 23.0 Å². The van der Waals surface area contributed by atoms with Crippen LogP contribution >= 0.6 is 0 Å². The van der Waals surface area contributed by atoms with Gasteiger partial charge in [-0.3, -0.25) is 4.79 Å². The fraction of sp³-hybridized carbons (Fsp3) is 0.269. The van der Waals surface area contributed by atoms with Gasteiger partial charge in [-0.2, -0.15) is 13.2 Å². The molecule has 1 N–H and O–H groups in total. The molecule has 184 valence electrons. The smallest absolute Gasteiger partial charge is 0.356 e. The summed E-state index contributed by atoms with van der Waals surface area (Å²) in [5.41, 5.74) is 0.380. The molecule has 4 heterocycles. The number of nitrogens with one attached hydrogen (secondary N) is 1. The maximum absolute atomic E-state index is 13.8. The standard InChI is InChI=1S/C26H21F4N5O/c27-20-3-1-2-15(6-20)12-35-22(9-16-8-19(26(28,29)30)10-32-24(16)35)25(36)33-21-4-5-23(31-11-21)34-13-17-7-18(17)14-34/h1-6,8-11,17-18H,7,12-14H2,(H,33,36). The third-order valence-electron chi connectivity index (χ3n) is 6.83. The summed E-state index contributed by atoms with van der Waals surface area (Å²) in [6.45, 7) is 2.05. The molecule has 2 unspecified atom stereocenters. The van der Waals surface area contributed by atoms with Crippen molar-refractivity contribution in [1.82, 2.24) is 14.5 Å². The first-order valence-electron chi connectivity index (χ1n) is 11.6. The molecule has 0 bridgehead atoms. The number of alkyl halides is 3. The number of pyridine rings is 2. The van der Waals surface area contributed by atoms with Gasteiger partial charge in [0.15, 0.2) is 0 Å². The first kappa shape index (κ1) is 22.5. The molecule has 1 saturated carbocycles. The number of fused-ring (bicyclic) bond motifs is 2. The second kappa shape index (κ2) is 8.32. The van der Waals surface area contributed by atoms with Crippen molar-refractivity contribution in [3.05, 3.63) is 83.6 Å². The molecule has 36 heavy (non-hydrogen) atoms. The number of nitrogens with zero attached hydrogens (tertiary/aromatic N) is 4. The van der Waals surface area contributed by atoms with E-state index in [4.69, 9.17) is 0 Å². The fourth-order valence-corrected chi connectivity index (χ4v) is 4.89. The van der Waals surface area contributed by atoms with Crippen LogP contribution in [-0.4, -0.2) is 33.5 Å². The van der Waals surface area contributed by atoms with Crippen LogP contribution in [0.1, 0.15) is 28.0 Å². The zero-order chi connectivity index (χ0) is 25.0. The van der Waals surface area contributed by atoms with E-state index in [-0.39, 0.29) is 23.3 Å². The third-order valence-corrected chi connectivity index (χ3v) is 6.83. The van der Waals surface area contributed by atoms with Crippen LogP contribution in [0.2, 0.25) is 0 Å². The van der Waals surface area contributed by atoms with E-state index in [9.17, 15) is 22.4 Å². The normalized spacial score (nSPS) is 18.9. The molecule has 1 amide bonds. The molecule has 6 rings (SSSR count). The van der Waals surface area contributed by atoms with Crippen LogP contribution in [0, 0.1) is 17.7 Å². The Bertz CT molecular complexity index is 1450. The Morgan fingerprint density at radius 2 is 1.83 bits per heavy atom. The van der Waals surface area contributed by atoms with Gasteiger partial charge in [-0.15, -0.1) is 0 Å². The van der Waals surface area contributed by atoms with Gasteiger partial charge >= 0.3 is 6.18 Å². The van der Waals surface area contributed by atoms with Crippen LogP contribution in [0.3, 0.4) is 0 Å². The molecular weight excluding hydrogens is 474 g/mol. The zero-order valence-corrected chi connectivity index (χ0v) is 19.0. The molecule has 2 atom stereocenters. The van der Waals surface area contributed by atoms with Crippen molar-refractivity contribution < 1.29 is 22.4 Å². The van der Waals surface area contributed by atoms with E-state index in [0.717, 1.165) is 43.0 Å². The van der Waals surface area contributed by atoms with Crippen LogP contribution in [0.4, 0.5) is 29.1 Å². The molecule has 1 saturated heterocycles. The van der Waals surface area contributed by atoms with E-state index >= 15 is 0 Å². The van der Waals surface area contributed by atoms with Gasteiger partial charge in [-0.1, -0.05) is 12.1 Å². The quantitative estimate of drug-likeness (QED) is 0.380. The highest BCUT2D eigenvalue weighted by Crippen LogP contribution is 2.45. The van der Waals surface area contributed by atoms with Gasteiger partial charge in [-0.05, 0) is 60.2 Å². The van der Waals surface area contributed by atoms with Gasteiger partial charge in [-0.25, -0.2) is 14.4 Å². The molecule has 0 radical (unpaired) electrons. The lowest BCUT2D eigenvalue weighted by Crippen LogP contribution is -2.23. The van der Waals surface area contributed by atoms with E-state index in [1.54, 1.807) is 18.3 Å². The second-order valence-corrected chi connectivity index (χ2v) is 9.40. The number of aromatic nitrogens is 3. The lowest BCUT2D eigenvalue weighted by Gasteiger charge is -2.19. The Morgan fingerprint density at radius 3 is 2.53 bits per heavy atom. The fourth-order valence-electron chi connectivity index (χ4n) is 4.89. The summed E-state index contributed by atoms with van der Waals surface area (Å²) < 4.78 is 55.0. The molecule has 3 aromatic heterocycles. The summed E-state index contributed by atoms with van der Waals surface area (Å²) in [4.78, 5) is 23.9. The second-order valence-electron chi connectivity index (χ2n) is 9.40. The average Bonchev–Trinajstić information content (AvgIpc) is 3.28. The molecular formula is C26H21F4N5O. The Morgan fingerprint density at radius 1 is 1.03 bits per heavy atom. The molecule has 1 aromatic carbocycles. The summed E-state index contributed by atoms with van der Waals surface area (Å²) in [6, 6.07) is 11.7. The number of hydrogen-bond donors (Lipinski definition) is 1. The third kappa shape index (κ3) is 4.27. The minimum absolute atomic E-state index is 0.0524. The van der Waals surface area contributed by atoms with Crippen LogP contribution < -0.4 is 10.2 Å². The number of anilines is 2. The number of hydrogen-bond acceptors (Lipinski definition) is 4. The van der Waals surface area contributed by atoms with E-state index in [0.29, 0.717) is 11.3 Å². The lowest BCUT2D eigenvalue weighted by molar-refractivity contribution is -0.137. The topological polar surface area (TPSA) is 63.1 Å². The molecule has 2 fully saturated rings. The molecule has 0 spiro atoms. The highest BCUT2D eigenvalue weighted by Gasteiger charge is 2.45. The van der Waals surface area contributed by atoms with Gasteiger partial charge in [0.25, 0.3) is 5.91 Å². The Labute approximate surface area is 203 Å². The van der Waals surface area contributed by atoms with Crippen molar-refractivity contribution in [2.75, 3.05) is 23.3 Å². The number of benzene rings is 1. The van der Waals surface area contributed by atoms with Gasteiger partial charge < -0.3 is 14.8 Å². The minimum Gasteiger partial charge on any atom is -0.356 e. The summed E-state index contributed by atoms with van der Waals surface area (Å²) in [6.07, 6.45) is -0.987. The molecule has 1 aliphatic heterocycles. The average molecular weight is 495 g/mol. The largest absolute Gasteiger partial charge is 0.417 e. The minimum atomic E-state index is -4.57. The first-order chi connectivity index (χ1) is 17.2. The number of amides is 1.